The molecule has 0 heterocycles. The van der Waals surface area contributed by atoms with Gasteiger partial charge in [-0.2, -0.15) is 12.6 Å². The fraction of sp³-hybridized carbons (Fsp3) is 0.889. The van der Waals surface area contributed by atoms with Gasteiger partial charge in [0, 0.05) is 30.8 Å². The average Bonchev–Trinajstić information content (AvgIpc) is 1.96. The van der Waals surface area contributed by atoms with Gasteiger partial charge in [-0.15, -0.1) is 0 Å². The zero-order valence-electron chi connectivity index (χ0n) is 8.63. The van der Waals surface area contributed by atoms with Gasteiger partial charge in [0.25, 0.3) is 0 Å². The summed E-state index contributed by atoms with van der Waals surface area (Å²) in [6.07, 6.45) is 0.491. The van der Waals surface area contributed by atoms with Crippen molar-refractivity contribution >= 4 is 18.5 Å². The van der Waals surface area contributed by atoms with E-state index >= 15 is 0 Å². The lowest BCUT2D eigenvalue weighted by molar-refractivity contribution is -0.120. The highest BCUT2D eigenvalue weighted by Crippen LogP contribution is 1.97. The first-order valence-electron chi connectivity index (χ1n) is 4.70. The summed E-state index contributed by atoms with van der Waals surface area (Å²) in [4.78, 5) is 11.1. The summed E-state index contributed by atoms with van der Waals surface area (Å²) in [6.45, 7) is 7.59. The molecule has 78 valence electrons. The number of hydrogen-bond acceptors (Lipinski definition) is 3. The number of hydrogen-bond donors (Lipinski definition) is 3. The average molecular weight is 204 g/mol. The molecule has 1 amide bonds. The van der Waals surface area contributed by atoms with Crippen LogP contribution < -0.4 is 10.6 Å². The Balaban J connectivity index is 3.27. The van der Waals surface area contributed by atoms with E-state index in [9.17, 15) is 4.79 Å². The molecule has 13 heavy (non-hydrogen) atoms. The monoisotopic (exact) mass is 204 g/mol. The van der Waals surface area contributed by atoms with Gasteiger partial charge in [-0.05, 0) is 0 Å². The van der Waals surface area contributed by atoms with Crippen molar-refractivity contribution in [3.05, 3.63) is 0 Å². The predicted octanol–water partition coefficient (Wildman–Crippen LogP) is 0.809. The van der Waals surface area contributed by atoms with Crippen molar-refractivity contribution in [1.82, 2.24) is 10.6 Å². The van der Waals surface area contributed by atoms with Crippen molar-refractivity contribution in [2.45, 2.75) is 38.5 Å². The molecule has 4 heteroatoms. The van der Waals surface area contributed by atoms with Crippen LogP contribution in [0.5, 0.6) is 0 Å². The quantitative estimate of drug-likeness (QED) is 0.443. The van der Waals surface area contributed by atoms with E-state index in [4.69, 9.17) is 0 Å². The molecule has 1 unspecified atom stereocenters. The second-order valence-corrected chi connectivity index (χ2v) is 4.39. The van der Waals surface area contributed by atoms with Crippen LogP contribution in [0.15, 0.2) is 0 Å². The van der Waals surface area contributed by atoms with E-state index in [1.54, 1.807) is 0 Å². The van der Waals surface area contributed by atoms with E-state index in [1.807, 2.05) is 6.92 Å². The first-order chi connectivity index (χ1) is 6.02. The van der Waals surface area contributed by atoms with Crippen LogP contribution in [-0.2, 0) is 4.79 Å². The maximum absolute atomic E-state index is 11.1. The van der Waals surface area contributed by atoms with Crippen LogP contribution in [0.1, 0.15) is 27.2 Å². The molecular formula is C9H20N2OS. The SMILES string of the molecule is CC(S)CC(=O)NCCNC(C)C. The number of amides is 1. The minimum atomic E-state index is 0.0769. The molecule has 0 spiro atoms. The summed E-state index contributed by atoms with van der Waals surface area (Å²) in [5, 5.41) is 6.18. The van der Waals surface area contributed by atoms with Crippen molar-refractivity contribution < 1.29 is 4.79 Å². The summed E-state index contributed by atoms with van der Waals surface area (Å²) >= 11 is 4.14. The summed E-state index contributed by atoms with van der Waals surface area (Å²) in [5.41, 5.74) is 0. The Morgan fingerprint density at radius 2 is 1.92 bits per heavy atom. The maximum Gasteiger partial charge on any atom is 0.221 e. The van der Waals surface area contributed by atoms with Gasteiger partial charge >= 0.3 is 0 Å². The summed E-state index contributed by atoms with van der Waals surface area (Å²) in [6, 6.07) is 0.473. The molecule has 0 saturated heterocycles. The summed E-state index contributed by atoms with van der Waals surface area (Å²) < 4.78 is 0. The van der Waals surface area contributed by atoms with Gasteiger partial charge in [0.15, 0.2) is 0 Å². The molecule has 0 radical (unpaired) electrons. The minimum Gasteiger partial charge on any atom is -0.355 e. The van der Waals surface area contributed by atoms with Gasteiger partial charge in [-0.25, -0.2) is 0 Å². The lowest BCUT2D eigenvalue weighted by Crippen LogP contribution is -2.35. The Labute approximate surface area is 86.1 Å². The molecule has 0 aliphatic carbocycles. The normalized spacial score (nSPS) is 13.0. The fourth-order valence-corrected chi connectivity index (χ4v) is 1.07. The first-order valence-corrected chi connectivity index (χ1v) is 5.22. The molecule has 2 N–H and O–H groups in total. The van der Waals surface area contributed by atoms with Crippen LogP contribution in [0.25, 0.3) is 0 Å². The van der Waals surface area contributed by atoms with E-state index < -0.39 is 0 Å². The largest absolute Gasteiger partial charge is 0.355 e. The third-order valence-electron chi connectivity index (χ3n) is 1.48. The van der Waals surface area contributed by atoms with Crippen molar-refractivity contribution in [2.24, 2.45) is 0 Å². The zero-order chi connectivity index (χ0) is 10.3. The predicted molar refractivity (Wildman–Crippen MR) is 59.2 cm³/mol. The van der Waals surface area contributed by atoms with Gasteiger partial charge in [-0.3, -0.25) is 4.79 Å². The van der Waals surface area contributed by atoms with Crippen LogP contribution in [0.3, 0.4) is 0 Å². The van der Waals surface area contributed by atoms with E-state index in [0.717, 1.165) is 6.54 Å². The lowest BCUT2D eigenvalue weighted by atomic mass is 10.3. The Kier molecular flexibility index (Phi) is 7.09. The Bertz CT molecular complexity index is 149. The molecule has 0 aromatic heterocycles. The smallest absolute Gasteiger partial charge is 0.221 e. The molecular weight excluding hydrogens is 184 g/mol. The summed E-state index contributed by atoms with van der Waals surface area (Å²) in [7, 11) is 0. The van der Waals surface area contributed by atoms with Gasteiger partial charge in [0.2, 0.25) is 5.91 Å². The molecule has 1 atom stereocenters. The van der Waals surface area contributed by atoms with Crippen molar-refractivity contribution in [3.8, 4) is 0 Å². The number of rotatable bonds is 6. The molecule has 0 aliphatic rings. The van der Waals surface area contributed by atoms with Crippen LogP contribution in [0.4, 0.5) is 0 Å². The second-order valence-electron chi connectivity index (χ2n) is 3.51. The topological polar surface area (TPSA) is 41.1 Å². The van der Waals surface area contributed by atoms with Crippen molar-refractivity contribution in [1.29, 1.82) is 0 Å². The van der Waals surface area contributed by atoms with Crippen LogP contribution in [0.2, 0.25) is 0 Å². The Hall–Kier alpha value is -0.220. The molecule has 0 rings (SSSR count). The fourth-order valence-electron chi connectivity index (χ4n) is 0.903. The van der Waals surface area contributed by atoms with E-state index in [-0.39, 0.29) is 11.2 Å². The lowest BCUT2D eigenvalue weighted by Gasteiger charge is -2.09. The first kappa shape index (κ1) is 12.8. The minimum absolute atomic E-state index is 0.0769. The molecule has 0 bridgehead atoms. The van der Waals surface area contributed by atoms with Gasteiger partial charge in [-0.1, -0.05) is 20.8 Å². The van der Waals surface area contributed by atoms with Crippen LogP contribution in [-0.4, -0.2) is 30.3 Å². The van der Waals surface area contributed by atoms with Crippen LogP contribution >= 0.6 is 12.6 Å². The molecule has 0 saturated carbocycles. The molecule has 0 fully saturated rings. The molecule has 3 nitrogen and oxygen atoms in total. The van der Waals surface area contributed by atoms with E-state index in [2.05, 4.69) is 37.1 Å². The standard InChI is InChI=1S/C9H20N2OS/c1-7(2)10-4-5-11-9(12)6-8(3)13/h7-8,10,13H,4-6H2,1-3H3,(H,11,12). The highest BCUT2D eigenvalue weighted by molar-refractivity contribution is 7.80. The number of nitrogens with one attached hydrogen (secondary N) is 2. The van der Waals surface area contributed by atoms with Crippen LogP contribution in [0, 0.1) is 0 Å². The van der Waals surface area contributed by atoms with Crippen molar-refractivity contribution in [3.63, 3.8) is 0 Å². The second kappa shape index (κ2) is 7.21. The number of thiol groups is 1. The highest BCUT2D eigenvalue weighted by atomic mass is 32.1. The summed E-state index contributed by atoms with van der Waals surface area (Å²) in [5.74, 6) is 0.0769. The van der Waals surface area contributed by atoms with Gasteiger partial charge in [0.1, 0.15) is 0 Å². The molecule has 0 aromatic carbocycles. The van der Waals surface area contributed by atoms with Gasteiger partial charge in [0.05, 0.1) is 0 Å². The van der Waals surface area contributed by atoms with Crippen molar-refractivity contribution in [2.75, 3.05) is 13.1 Å². The number of carbonyl (C=O) groups excluding carboxylic acids is 1. The Morgan fingerprint density at radius 3 is 2.38 bits per heavy atom. The third kappa shape index (κ3) is 9.70. The molecule has 0 aromatic rings. The molecule has 0 aliphatic heterocycles. The Morgan fingerprint density at radius 1 is 1.31 bits per heavy atom. The third-order valence-corrected chi connectivity index (χ3v) is 1.66. The maximum atomic E-state index is 11.1. The zero-order valence-corrected chi connectivity index (χ0v) is 9.53. The number of carbonyl (C=O) groups is 1. The van der Waals surface area contributed by atoms with E-state index in [1.165, 1.54) is 0 Å². The highest BCUT2D eigenvalue weighted by Gasteiger charge is 2.03. The van der Waals surface area contributed by atoms with Gasteiger partial charge < -0.3 is 10.6 Å². The van der Waals surface area contributed by atoms with E-state index in [0.29, 0.717) is 19.0 Å².